The van der Waals surface area contributed by atoms with Gasteiger partial charge in [-0.2, -0.15) is 0 Å². The van der Waals surface area contributed by atoms with Crippen LogP contribution in [0.15, 0.2) is 18.2 Å². The van der Waals surface area contributed by atoms with Crippen LogP contribution < -0.4 is 0 Å². The highest BCUT2D eigenvalue weighted by molar-refractivity contribution is 7.14. The van der Waals surface area contributed by atoms with E-state index in [1.165, 1.54) is 22.3 Å². The summed E-state index contributed by atoms with van der Waals surface area (Å²) < 4.78 is 0. The molecule has 0 spiro atoms. The third kappa shape index (κ3) is 3.21. The smallest absolute Gasteiger partial charge is 0.328 e. The molecule has 1 heterocycles. The number of carbonyl (C=O) groups is 2. The molecule has 1 aromatic rings. The van der Waals surface area contributed by atoms with E-state index >= 15 is 0 Å². The molecule has 0 saturated carbocycles. The fourth-order valence-corrected chi connectivity index (χ4v) is 1.86. The summed E-state index contributed by atoms with van der Waals surface area (Å²) in [6.45, 7) is 0. The van der Waals surface area contributed by atoms with E-state index in [-0.39, 0.29) is 5.91 Å². The molecule has 0 aliphatic carbocycles. The zero-order valence-electron chi connectivity index (χ0n) is 8.43. The summed E-state index contributed by atoms with van der Waals surface area (Å²) >= 11 is 1.27. The number of hydrogen-bond donors (Lipinski definition) is 1. The SMILES string of the molecule is CN(C)C(=O)c1ccc(/C=C/C(=O)O)s1. The van der Waals surface area contributed by atoms with Crippen LogP contribution in [0.25, 0.3) is 6.08 Å². The first-order valence-corrected chi connectivity index (χ1v) is 5.05. The lowest BCUT2D eigenvalue weighted by Crippen LogP contribution is -2.20. The fraction of sp³-hybridized carbons (Fsp3) is 0.200. The maximum absolute atomic E-state index is 11.5. The van der Waals surface area contributed by atoms with Gasteiger partial charge in [-0.3, -0.25) is 4.79 Å². The summed E-state index contributed by atoms with van der Waals surface area (Å²) in [5.74, 6) is -1.07. The number of rotatable bonds is 3. The van der Waals surface area contributed by atoms with Gasteiger partial charge in [0.15, 0.2) is 0 Å². The first kappa shape index (κ1) is 11.5. The van der Waals surface area contributed by atoms with Gasteiger partial charge in [0.1, 0.15) is 0 Å². The molecule has 4 nitrogen and oxygen atoms in total. The molecule has 0 aliphatic rings. The van der Waals surface area contributed by atoms with Gasteiger partial charge in [-0.1, -0.05) is 0 Å². The lowest BCUT2D eigenvalue weighted by atomic mass is 10.4. The Labute approximate surface area is 91.4 Å². The summed E-state index contributed by atoms with van der Waals surface area (Å²) in [4.78, 5) is 24.6. The molecule has 0 fully saturated rings. The van der Waals surface area contributed by atoms with Gasteiger partial charge in [0, 0.05) is 25.0 Å². The van der Waals surface area contributed by atoms with Crippen LogP contribution in [0.3, 0.4) is 0 Å². The van der Waals surface area contributed by atoms with Crippen molar-refractivity contribution >= 4 is 29.3 Å². The van der Waals surface area contributed by atoms with Crippen LogP contribution in [0.5, 0.6) is 0 Å². The van der Waals surface area contributed by atoms with E-state index in [9.17, 15) is 9.59 Å². The van der Waals surface area contributed by atoms with Crippen LogP contribution in [0.4, 0.5) is 0 Å². The van der Waals surface area contributed by atoms with Gasteiger partial charge in [0.2, 0.25) is 0 Å². The lowest BCUT2D eigenvalue weighted by molar-refractivity contribution is -0.131. The van der Waals surface area contributed by atoms with Gasteiger partial charge < -0.3 is 10.0 Å². The monoisotopic (exact) mass is 225 g/mol. The van der Waals surface area contributed by atoms with Crippen LogP contribution in [0.1, 0.15) is 14.5 Å². The van der Waals surface area contributed by atoms with E-state index in [1.54, 1.807) is 26.2 Å². The molecule has 0 aliphatic heterocycles. The third-order valence-electron chi connectivity index (χ3n) is 1.63. The number of nitrogens with zero attached hydrogens (tertiary/aromatic N) is 1. The van der Waals surface area contributed by atoms with Gasteiger partial charge in [-0.25, -0.2) is 4.79 Å². The molecule has 0 atom stereocenters. The molecule has 80 valence electrons. The average Bonchev–Trinajstić information content (AvgIpc) is 2.61. The van der Waals surface area contributed by atoms with Gasteiger partial charge in [-0.15, -0.1) is 11.3 Å². The van der Waals surface area contributed by atoms with Crippen LogP contribution in [0.2, 0.25) is 0 Å². The van der Waals surface area contributed by atoms with E-state index in [0.717, 1.165) is 11.0 Å². The van der Waals surface area contributed by atoms with Gasteiger partial charge >= 0.3 is 5.97 Å². The molecule has 1 aromatic heterocycles. The second-order valence-corrected chi connectivity index (χ2v) is 4.19. The predicted molar refractivity (Wildman–Crippen MR) is 59.0 cm³/mol. The quantitative estimate of drug-likeness (QED) is 0.794. The first-order valence-electron chi connectivity index (χ1n) is 4.23. The topological polar surface area (TPSA) is 57.6 Å². The van der Waals surface area contributed by atoms with Crippen molar-refractivity contribution in [2.75, 3.05) is 14.1 Å². The van der Waals surface area contributed by atoms with Crippen LogP contribution in [-0.4, -0.2) is 36.0 Å². The largest absolute Gasteiger partial charge is 0.478 e. The molecule has 5 heteroatoms. The van der Waals surface area contributed by atoms with E-state index in [1.807, 2.05) is 0 Å². The summed E-state index contributed by atoms with van der Waals surface area (Å²) in [5.41, 5.74) is 0. The summed E-state index contributed by atoms with van der Waals surface area (Å²) in [7, 11) is 3.35. The first-order chi connectivity index (χ1) is 7.00. The Balaban J connectivity index is 2.81. The van der Waals surface area contributed by atoms with Crippen molar-refractivity contribution in [3.8, 4) is 0 Å². The summed E-state index contributed by atoms with van der Waals surface area (Å²) in [6.07, 6.45) is 2.52. The van der Waals surface area contributed by atoms with Gasteiger partial charge in [0.05, 0.1) is 4.88 Å². The fourth-order valence-electron chi connectivity index (χ4n) is 0.931. The zero-order valence-corrected chi connectivity index (χ0v) is 9.25. The summed E-state index contributed by atoms with van der Waals surface area (Å²) in [6, 6.07) is 3.41. The number of carboxylic acids is 1. The van der Waals surface area contributed by atoms with Crippen molar-refractivity contribution in [2.45, 2.75) is 0 Å². The minimum absolute atomic E-state index is 0.0741. The summed E-state index contributed by atoms with van der Waals surface area (Å²) in [5, 5.41) is 8.42. The zero-order chi connectivity index (χ0) is 11.4. The van der Waals surface area contributed by atoms with Gasteiger partial charge in [-0.05, 0) is 18.2 Å². The number of carbonyl (C=O) groups excluding carboxylic acids is 1. The Morgan fingerprint density at radius 2 is 2.07 bits per heavy atom. The highest BCUT2D eigenvalue weighted by atomic mass is 32.1. The highest BCUT2D eigenvalue weighted by Crippen LogP contribution is 2.18. The van der Waals surface area contributed by atoms with E-state index in [4.69, 9.17) is 5.11 Å². The second-order valence-electron chi connectivity index (χ2n) is 3.07. The molecular formula is C10H11NO3S. The Morgan fingerprint density at radius 1 is 1.40 bits per heavy atom. The number of thiophene rings is 1. The van der Waals surface area contributed by atoms with E-state index < -0.39 is 5.97 Å². The molecule has 1 N–H and O–H groups in total. The molecule has 0 saturated heterocycles. The second kappa shape index (κ2) is 4.75. The third-order valence-corrected chi connectivity index (χ3v) is 2.67. The molecular weight excluding hydrogens is 214 g/mol. The Hall–Kier alpha value is -1.62. The normalized spacial score (nSPS) is 10.5. The Kier molecular flexibility index (Phi) is 3.62. The number of aliphatic carboxylic acids is 1. The molecule has 1 rings (SSSR count). The van der Waals surface area contributed by atoms with E-state index in [2.05, 4.69) is 0 Å². The molecule has 0 aromatic carbocycles. The number of amides is 1. The van der Waals surface area contributed by atoms with Crippen molar-refractivity contribution in [3.05, 3.63) is 28.0 Å². The van der Waals surface area contributed by atoms with Crippen molar-refractivity contribution in [1.82, 2.24) is 4.90 Å². The lowest BCUT2D eigenvalue weighted by Gasteiger charge is -2.06. The average molecular weight is 225 g/mol. The molecule has 0 unspecified atom stereocenters. The maximum Gasteiger partial charge on any atom is 0.328 e. The van der Waals surface area contributed by atoms with Crippen molar-refractivity contribution in [2.24, 2.45) is 0 Å². The molecule has 15 heavy (non-hydrogen) atoms. The van der Waals surface area contributed by atoms with Crippen molar-refractivity contribution in [1.29, 1.82) is 0 Å². The van der Waals surface area contributed by atoms with Gasteiger partial charge in [0.25, 0.3) is 5.91 Å². The van der Waals surface area contributed by atoms with Crippen molar-refractivity contribution in [3.63, 3.8) is 0 Å². The Morgan fingerprint density at radius 3 is 2.60 bits per heavy atom. The van der Waals surface area contributed by atoms with Crippen LogP contribution in [0, 0.1) is 0 Å². The molecule has 0 radical (unpaired) electrons. The highest BCUT2D eigenvalue weighted by Gasteiger charge is 2.09. The van der Waals surface area contributed by atoms with E-state index in [0.29, 0.717) is 4.88 Å². The Bertz CT molecular complexity index is 407. The van der Waals surface area contributed by atoms with Crippen LogP contribution >= 0.6 is 11.3 Å². The predicted octanol–water partition coefficient (Wildman–Crippen LogP) is 1.55. The molecule has 1 amide bonds. The molecule has 0 bridgehead atoms. The van der Waals surface area contributed by atoms with Crippen molar-refractivity contribution < 1.29 is 14.7 Å². The maximum atomic E-state index is 11.5. The minimum atomic E-state index is -0.996. The number of carboxylic acid groups (broad SMARTS) is 1. The minimum Gasteiger partial charge on any atom is -0.478 e. The number of hydrogen-bond acceptors (Lipinski definition) is 3. The van der Waals surface area contributed by atoms with Crippen LogP contribution in [-0.2, 0) is 4.79 Å². The standard InChI is InChI=1S/C10H11NO3S/c1-11(2)10(14)8-5-3-7(15-8)4-6-9(12)13/h3-6H,1-2H3,(H,12,13)/b6-4+.